The van der Waals surface area contributed by atoms with Gasteiger partial charge in [-0.3, -0.25) is 9.59 Å². The molecular formula is C14H15F3N2O4. The SMILES string of the molecule is O=C(c1noc2c1CCCC2)N1CCC(C(=O)O)(C(F)(F)F)C1. The van der Waals surface area contributed by atoms with Gasteiger partial charge in [-0.15, -0.1) is 0 Å². The second-order valence-corrected chi connectivity index (χ2v) is 6.00. The molecule has 1 fully saturated rings. The van der Waals surface area contributed by atoms with Crippen molar-refractivity contribution in [2.75, 3.05) is 13.1 Å². The van der Waals surface area contributed by atoms with Crippen LogP contribution in [0.15, 0.2) is 4.52 Å². The van der Waals surface area contributed by atoms with E-state index in [9.17, 15) is 22.8 Å². The van der Waals surface area contributed by atoms with Gasteiger partial charge in [-0.05, 0) is 25.7 Å². The predicted molar refractivity (Wildman–Crippen MR) is 69.8 cm³/mol. The highest BCUT2D eigenvalue weighted by Gasteiger charge is 2.64. The Morgan fingerprint density at radius 2 is 1.96 bits per heavy atom. The number of nitrogens with zero attached hydrogens (tertiary/aromatic N) is 2. The molecule has 1 saturated heterocycles. The van der Waals surface area contributed by atoms with Gasteiger partial charge in [0.05, 0.1) is 0 Å². The molecular weight excluding hydrogens is 317 g/mol. The number of carboxylic acid groups (broad SMARTS) is 1. The Bertz CT molecular complexity index is 655. The lowest BCUT2D eigenvalue weighted by molar-refractivity contribution is -0.227. The number of carbonyl (C=O) groups excluding carboxylic acids is 1. The average molecular weight is 332 g/mol. The molecule has 3 rings (SSSR count). The summed E-state index contributed by atoms with van der Waals surface area (Å²) in [5.74, 6) is -2.05. The summed E-state index contributed by atoms with van der Waals surface area (Å²) in [6, 6.07) is 0. The summed E-state index contributed by atoms with van der Waals surface area (Å²) in [5, 5.41) is 12.7. The molecule has 9 heteroatoms. The van der Waals surface area contributed by atoms with E-state index in [0.717, 1.165) is 17.7 Å². The Hall–Kier alpha value is -2.06. The zero-order valence-electron chi connectivity index (χ0n) is 12.2. The third-order valence-corrected chi connectivity index (χ3v) is 4.66. The Morgan fingerprint density at radius 1 is 1.26 bits per heavy atom. The van der Waals surface area contributed by atoms with Gasteiger partial charge < -0.3 is 14.5 Å². The summed E-state index contributed by atoms with van der Waals surface area (Å²) in [6.45, 7) is -1.17. The summed E-state index contributed by atoms with van der Waals surface area (Å²) in [7, 11) is 0. The van der Waals surface area contributed by atoms with Crippen molar-refractivity contribution in [1.82, 2.24) is 10.1 Å². The lowest BCUT2D eigenvalue weighted by Crippen LogP contribution is -2.47. The van der Waals surface area contributed by atoms with Gasteiger partial charge in [0.15, 0.2) is 11.1 Å². The van der Waals surface area contributed by atoms with Crippen LogP contribution < -0.4 is 0 Å². The molecule has 1 aromatic rings. The van der Waals surface area contributed by atoms with Gasteiger partial charge in [-0.25, -0.2) is 0 Å². The zero-order chi connectivity index (χ0) is 16.8. The molecule has 0 saturated carbocycles. The van der Waals surface area contributed by atoms with E-state index in [-0.39, 0.29) is 12.2 Å². The zero-order valence-corrected chi connectivity index (χ0v) is 12.2. The van der Waals surface area contributed by atoms with E-state index in [2.05, 4.69) is 5.16 Å². The minimum atomic E-state index is -4.92. The summed E-state index contributed by atoms with van der Waals surface area (Å²) in [5.41, 5.74) is -2.25. The summed E-state index contributed by atoms with van der Waals surface area (Å²) in [4.78, 5) is 24.5. The molecule has 23 heavy (non-hydrogen) atoms. The van der Waals surface area contributed by atoms with Crippen molar-refractivity contribution in [3.05, 3.63) is 17.0 Å². The first-order chi connectivity index (χ1) is 10.8. The van der Waals surface area contributed by atoms with Crippen LogP contribution >= 0.6 is 0 Å². The number of fused-ring (bicyclic) bond motifs is 1. The monoisotopic (exact) mass is 332 g/mol. The smallest absolute Gasteiger partial charge is 0.406 e. The Morgan fingerprint density at radius 3 is 2.57 bits per heavy atom. The Labute approximate surface area is 129 Å². The lowest BCUT2D eigenvalue weighted by atomic mass is 9.86. The summed E-state index contributed by atoms with van der Waals surface area (Å²) < 4.78 is 44.6. The van der Waals surface area contributed by atoms with Crippen LogP contribution in [-0.2, 0) is 17.6 Å². The van der Waals surface area contributed by atoms with Gasteiger partial charge in [0, 0.05) is 25.1 Å². The molecule has 2 aliphatic rings. The molecule has 1 aromatic heterocycles. The number of carboxylic acids is 1. The highest BCUT2D eigenvalue weighted by molar-refractivity contribution is 5.94. The molecule has 0 bridgehead atoms. The number of carbonyl (C=O) groups is 2. The number of hydrogen-bond acceptors (Lipinski definition) is 4. The number of alkyl halides is 3. The largest absolute Gasteiger partial charge is 0.481 e. The maximum Gasteiger partial charge on any atom is 0.406 e. The fourth-order valence-corrected chi connectivity index (χ4v) is 3.21. The van der Waals surface area contributed by atoms with E-state index in [1.54, 1.807) is 0 Å². The minimum Gasteiger partial charge on any atom is -0.481 e. The number of halogens is 3. The second-order valence-electron chi connectivity index (χ2n) is 6.00. The first-order valence-electron chi connectivity index (χ1n) is 7.33. The number of aliphatic carboxylic acids is 1. The highest BCUT2D eigenvalue weighted by atomic mass is 19.4. The molecule has 1 aliphatic heterocycles. The van der Waals surface area contributed by atoms with E-state index in [1.807, 2.05) is 0 Å². The van der Waals surface area contributed by atoms with Gasteiger partial charge >= 0.3 is 12.1 Å². The predicted octanol–water partition coefficient (Wildman–Crippen LogP) is 2.03. The van der Waals surface area contributed by atoms with E-state index < -0.39 is 36.4 Å². The van der Waals surface area contributed by atoms with Crippen LogP contribution in [0.25, 0.3) is 0 Å². The van der Waals surface area contributed by atoms with Gasteiger partial charge in [0.2, 0.25) is 0 Å². The van der Waals surface area contributed by atoms with Crippen LogP contribution in [0, 0.1) is 5.41 Å². The highest BCUT2D eigenvalue weighted by Crippen LogP contribution is 2.46. The third kappa shape index (κ3) is 2.38. The standard InChI is InChI=1S/C14H15F3N2O4/c15-14(16,17)13(12(21)22)5-6-19(7-13)11(20)10-8-3-1-2-4-9(8)23-18-10/h1-7H2,(H,21,22). The van der Waals surface area contributed by atoms with E-state index >= 15 is 0 Å². The van der Waals surface area contributed by atoms with E-state index in [0.29, 0.717) is 24.2 Å². The molecule has 1 unspecified atom stereocenters. The number of hydrogen-bond donors (Lipinski definition) is 1. The van der Waals surface area contributed by atoms with Crippen molar-refractivity contribution in [2.24, 2.45) is 5.41 Å². The maximum absolute atomic E-state index is 13.2. The number of aromatic nitrogens is 1. The number of aryl methyl sites for hydroxylation is 1. The normalized spacial score (nSPS) is 24.6. The molecule has 0 aromatic carbocycles. The van der Waals surface area contributed by atoms with E-state index in [1.165, 1.54) is 0 Å². The van der Waals surface area contributed by atoms with Crippen molar-refractivity contribution in [2.45, 2.75) is 38.3 Å². The Kier molecular flexibility index (Phi) is 3.61. The van der Waals surface area contributed by atoms with Crippen LogP contribution in [0.3, 0.4) is 0 Å². The quantitative estimate of drug-likeness (QED) is 0.896. The van der Waals surface area contributed by atoms with Gasteiger partial charge in [-0.2, -0.15) is 13.2 Å². The minimum absolute atomic E-state index is 0.0167. The lowest BCUT2D eigenvalue weighted by Gasteiger charge is -2.27. The second kappa shape index (κ2) is 5.24. The fraction of sp³-hybridized carbons (Fsp3) is 0.643. The van der Waals surface area contributed by atoms with Crippen molar-refractivity contribution in [1.29, 1.82) is 0 Å². The van der Waals surface area contributed by atoms with Crippen molar-refractivity contribution in [3.63, 3.8) is 0 Å². The third-order valence-electron chi connectivity index (χ3n) is 4.66. The molecule has 1 amide bonds. The first-order valence-corrected chi connectivity index (χ1v) is 7.33. The van der Waals surface area contributed by atoms with Crippen LogP contribution in [-0.4, -0.2) is 46.3 Å². The van der Waals surface area contributed by atoms with Crippen LogP contribution in [0.2, 0.25) is 0 Å². The number of rotatable bonds is 2. The maximum atomic E-state index is 13.2. The molecule has 0 spiro atoms. The van der Waals surface area contributed by atoms with E-state index in [4.69, 9.17) is 9.63 Å². The van der Waals surface area contributed by atoms with Gasteiger partial charge in [-0.1, -0.05) is 5.16 Å². The van der Waals surface area contributed by atoms with Crippen LogP contribution in [0.5, 0.6) is 0 Å². The number of likely N-dealkylation sites (tertiary alicyclic amines) is 1. The van der Waals surface area contributed by atoms with Crippen molar-refractivity contribution < 1.29 is 32.4 Å². The molecule has 126 valence electrons. The molecule has 6 nitrogen and oxygen atoms in total. The van der Waals surface area contributed by atoms with Crippen molar-refractivity contribution in [3.8, 4) is 0 Å². The molecule has 1 aliphatic carbocycles. The molecule has 0 radical (unpaired) electrons. The summed E-state index contributed by atoms with van der Waals surface area (Å²) >= 11 is 0. The van der Waals surface area contributed by atoms with Crippen LogP contribution in [0.1, 0.15) is 41.1 Å². The molecule has 1 N–H and O–H groups in total. The average Bonchev–Trinajstić information content (AvgIpc) is 3.11. The molecule has 2 heterocycles. The number of amides is 1. The Balaban J connectivity index is 1.85. The molecule has 1 atom stereocenters. The first kappa shape index (κ1) is 15.8. The van der Waals surface area contributed by atoms with Crippen molar-refractivity contribution >= 4 is 11.9 Å². The topological polar surface area (TPSA) is 83.6 Å². The van der Waals surface area contributed by atoms with Gasteiger partial charge in [0.25, 0.3) is 5.91 Å². The van der Waals surface area contributed by atoms with Gasteiger partial charge in [0.1, 0.15) is 5.76 Å². The van der Waals surface area contributed by atoms with Crippen LogP contribution in [0.4, 0.5) is 13.2 Å². The summed E-state index contributed by atoms with van der Waals surface area (Å²) in [6.07, 6.45) is -2.56. The fourth-order valence-electron chi connectivity index (χ4n) is 3.21.